The Hall–Kier alpha value is -3.18. The van der Waals surface area contributed by atoms with E-state index in [0.29, 0.717) is 15.1 Å². The van der Waals surface area contributed by atoms with Gasteiger partial charge in [0, 0.05) is 29.6 Å². The molecule has 11 heteroatoms. The Morgan fingerprint density at radius 2 is 1.65 bits per heavy atom. The highest BCUT2D eigenvalue weighted by atomic mass is 32.2. The first kappa shape index (κ1) is 21.1. The second-order valence-corrected chi connectivity index (χ2v) is 10.5. The van der Waals surface area contributed by atoms with Gasteiger partial charge in [0.1, 0.15) is 5.69 Å². The van der Waals surface area contributed by atoms with Gasteiger partial charge in [0.25, 0.3) is 16.4 Å². The third-order valence-corrected chi connectivity index (χ3v) is 7.35. The average molecular weight is 463 g/mol. The van der Waals surface area contributed by atoms with E-state index < -0.39 is 32.0 Å². The van der Waals surface area contributed by atoms with E-state index >= 15 is 0 Å². The predicted molar refractivity (Wildman–Crippen MR) is 110 cm³/mol. The van der Waals surface area contributed by atoms with E-state index in [-0.39, 0.29) is 21.0 Å². The second-order valence-electron chi connectivity index (χ2n) is 6.71. The Morgan fingerprint density at radius 1 is 0.935 bits per heavy atom. The lowest BCUT2D eigenvalue weighted by Crippen LogP contribution is -2.16. The van der Waals surface area contributed by atoms with Crippen molar-refractivity contribution in [1.29, 1.82) is 0 Å². The molecule has 4 aromatic rings. The normalized spacial score (nSPS) is 12.5. The summed E-state index contributed by atoms with van der Waals surface area (Å²) in [5, 5.41) is 0.0326. The largest absolute Gasteiger partial charge is 0.279 e. The van der Waals surface area contributed by atoms with Crippen LogP contribution in [0.1, 0.15) is 12.1 Å². The lowest BCUT2D eigenvalue weighted by Gasteiger charge is -2.11. The number of nitrogens with zero attached hydrogens (tertiary/aromatic N) is 3. The van der Waals surface area contributed by atoms with Crippen LogP contribution in [0.4, 0.5) is 8.78 Å². The Labute approximate surface area is 177 Å². The Bertz CT molecular complexity index is 1480. The Kier molecular flexibility index (Phi) is 5.10. The molecule has 0 spiro atoms. The lowest BCUT2D eigenvalue weighted by molar-refractivity contribution is 0.145. The van der Waals surface area contributed by atoms with Gasteiger partial charge in [0.2, 0.25) is 0 Å². The summed E-state index contributed by atoms with van der Waals surface area (Å²) in [7, 11) is -7.86. The summed E-state index contributed by atoms with van der Waals surface area (Å²) < 4.78 is 77.8. The smallest absolute Gasteiger partial charge is 0.244 e. The topological polar surface area (TPSA) is 99.0 Å². The number of halogens is 2. The van der Waals surface area contributed by atoms with Crippen molar-refractivity contribution in [1.82, 2.24) is 13.9 Å². The molecular weight excluding hydrogens is 448 g/mol. The monoisotopic (exact) mass is 463 g/mol. The lowest BCUT2D eigenvalue weighted by atomic mass is 10.1. The Balaban J connectivity index is 1.98. The number of aromatic nitrogens is 3. The number of benzene rings is 1. The molecule has 3 aromatic heterocycles. The number of hydrogen-bond acceptors (Lipinski definition) is 6. The van der Waals surface area contributed by atoms with Crippen molar-refractivity contribution in [2.75, 3.05) is 6.26 Å². The fourth-order valence-corrected chi connectivity index (χ4v) is 5.26. The van der Waals surface area contributed by atoms with Gasteiger partial charge in [-0.15, -0.1) is 0 Å². The van der Waals surface area contributed by atoms with E-state index in [4.69, 9.17) is 0 Å². The highest BCUT2D eigenvalue weighted by Gasteiger charge is 2.29. The van der Waals surface area contributed by atoms with Crippen LogP contribution in [0.25, 0.3) is 22.2 Å². The van der Waals surface area contributed by atoms with Crippen LogP contribution in [0.2, 0.25) is 0 Å². The SMILES string of the molecule is CS(=O)(=O)c1ccc(-c2ccnc3c2cc(C(F)F)n3S(=O)(=O)c2ccccc2)cn1. The van der Waals surface area contributed by atoms with E-state index in [2.05, 4.69) is 9.97 Å². The van der Waals surface area contributed by atoms with Gasteiger partial charge in [-0.2, -0.15) is 0 Å². The van der Waals surface area contributed by atoms with E-state index in [1.54, 1.807) is 6.07 Å². The average Bonchev–Trinajstić information content (AvgIpc) is 3.15. The van der Waals surface area contributed by atoms with Crippen LogP contribution in [0, 0.1) is 0 Å². The number of fused-ring (bicyclic) bond motifs is 1. The fourth-order valence-electron chi connectivity index (χ4n) is 3.21. The third-order valence-electron chi connectivity index (χ3n) is 4.62. The molecule has 0 bridgehead atoms. The maximum absolute atomic E-state index is 13.8. The van der Waals surface area contributed by atoms with Gasteiger partial charge in [-0.05, 0) is 42.0 Å². The van der Waals surface area contributed by atoms with Crippen LogP contribution in [0.15, 0.2) is 76.9 Å². The summed E-state index contributed by atoms with van der Waals surface area (Å²) in [5.74, 6) is 0. The van der Waals surface area contributed by atoms with E-state index in [1.807, 2.05) is 0 Å². The van der Waals surface area contributed by atoms with Gasteiger partial charge in [-0.1, -0.05) is 18.2 Å². The molecular formula is C20H15F2N3O4S2. The van der Waals surface area contributed by atoms with Crippen LogP contribution in [-0.2, 0) is 19.9 Å². The molecule has 4 rings (SSSR count). The molecule has 0 aliphatic heterocycles. The van der Waals surface area contributed by atoms with Crippen molar-refractivity contribution in [3.05, 3.63) is 72.7 Å². The molecule has 0 amide bonds. The first-order chi connectivity index (χ1) is 14.6. The number of sulfone groups is 1. The van der Waals surface area contributed by atoms with Crippen molar-refractivity contribution in [3.8, 4) is 11.1 Å². The summed E-state index contributed by atoms with van der Waals surface area (Å²) in [6, 6.07) is 12.6. The zero-order valence-electron chi connectivity index (χ0n) is 16.0. The van der Waals surface area contributed by atoms with E-state index in [1.165, 1.54) is 54.9 Å². The van der Waals surface area contributed by atoms with Crippen LogP contribution in [0.3, 0.4) is 0 Å². The molecule has 31 heavy (non-hydrogen) atoms. The number of pyridine rings is 2. The minimum Gasteiger partial charge on any atom is -0.244 e. The number of hydrogen-bond donors (Lipinski definition) is 0. The maximum atomic E-state index is 13.8. The van der Waals surface area contributed by atoms with Crippen molar-refractivity contribution in [2.24, 2.45) is 0 Å². The zero-order chi connectivity index (χ0) is 22.4. The highest BCUT2D eigenvalue weighted by molar-refractivity contribution is 7.90. The van der Waals surface area contributed by atoms with Crippen LogP contribution in [-0.4, -0.2) is 37.0 Å². The summed E-state index contributed by atoms with van der Waals surface area (Å²) >= 11 is 0. The minimum atomic E-state index is -4.34. The van der Waals surface area contributed by atoms with Gasteiger partial charge in [-0.25, -0.2) is 39.6 Å². The molecule has 160 valence electrons. The van der Waals surface area contributed by atoms with Crippen LogP contribution in [0.5, 0.6) is 0 Å². The van der Waals surface area contributed by atoms with Crippen molar-refractivity contribution < 1.29 is 25.6 Å². The van der Waals surface area contributed by atoms with Crippen molar-refractivity contribution in [3.63, 3.8) is 0 Å². The number of rotatable bonds is 5. The molecule has 0 aliphatic rings. The molecule has 0 saturated heterocycles. The summed E-state index contributed by atoms with van der Waals surface area (Å²) in [5.41, 5.74) is -0.0697. The Morgan fingerprint density at radius 3 is 2.23 bits per heavy atom. The fraction of sp³-hybridized carbons (Fsp3) is 0.100. The quantitative estimate of drug-likeness (QED) is 0.448. The van der Waals surface area contributed by atoms with E-state index in [9.17, 15) is 25.6 Å². The minimum absolute atomic E-state index is 0.140. The molecule has 0 atom stereocenters. The molecule has 0 unspecified atom stereocenters. The standard InChI is InChI=1S/C20H15F2N3O4S2/c1-30(26,27)18-8-7-13(12-24-18)15-9-10-23-20-16(15)11-17(19(21)22)25(20)31(28,29)14-5-3-2-4-6-14/h2-12,19H,1H3. The molecule has 0 N–H and O–H groups in total. The summed E-state index contributed by atoms with van der Waals surface area (Å²) in [6.07, 6.45) is 0.527. The molecule has 3 heterocycles. The van der Waals surface area contributed by atoms with Crippen LogP contribution < -0.4 is 0 Å². The van der Waals surface area contributed by atoms with E-state index in [0.717, 1.165) is 12.3 Å². The summed E-state index contributed by atoms with van der Waals surface area (Å²) in [4.78, 5) is 7.81. The summed E-state index contributed by atoms with van der Waals surface area (Å²) in [6.45, 7) is 0. The van der Waals surface area contributed by atoms with Crippen molar-refractivity contribution in [2.45, 2.75) is 16.3 Å². The highest BCUT2D eigenvalue weighted by Crippen LogP contribution is 2.35. The first-order valence-corrected chi connectivity index (χ1v) is 12.2. The zero-order valence-corrected chi connectivity index (χ0v) is 17.6. The number of alkyl halides is 2. The maximum Gasteiger partial charge on any atom is 0.279 e. The molecule has 0 aliphatic carbocycles. The van der Waals surface area contributed by atoms with Crippen molar-refractivity contribution >= 4 is 30.9 Å². The van der Waals surface area contributed by atoms with Gasteiger partial charge in [-0.3, -0.25) is 0 Å². The van der Waals surface area contributed by atoms with Gasteiger partial charge in [0.15, 0.2) is 20.5 Å². The second kappa shape index (κ2) is 7.50. The van der Waals surface area contributed by atoms with Gasteiger partial charge >= 0.3 is 0 Å². The molecule has 1 aromatic carbocycles. The predicted octanol–water partition coefficient (Wildman–Crippen LogP) is 3.68. The van der Waals surface area contributed by atoms with Crippen LogP contribution >= 0.6 is 0 Å². The molecule has 0 saturated carbocycles. The first-order valence-electron chi connectivity index (χ1n) is 8.86. The third kappa shape index (κ3) is 3.70. The molecule has 0 fully saturated rings. The molecule has 7 nitrogen and oxygen atoms in total. The van der Waals surface area contributed by atoms with Gasteiger partial charge < -0.3 is 0 Å². The van der Waals surface area contributed by atoms with Gasteiger partial charge in [0.05, 0.1) is 4.90 Å². The molecule has 0 radical (unpaired) electrons.